The minimum Gasteiger partial charge on any atom is -0.340 e. The summed E-state index contributed by atoms with van der Waals surface area (Å²) >= 11 is 6.25. The van der Waals surface area contributed by atoms with Gasteiger partial charge in [-0.2, -0.15) is 5.10 Å². The number of rotatable bonds is 3. The number of aromatic nitrogens is 3. The molecule has 3 heterocycles. The third kappa shape index (κ3) is 5.10. The van der Waals surface area contributed by atoms with Crippen LogP contribution in [-0.4, -0.2) is 50.7 Å². The molecule has 2 aromatic heterocycles. The number of aryl methyl sites for hydroxylation is 1. The van der Waals surface area contributed by atoms with Crippen molar-refractivity contribution in [1.29, 1.82) is 0 Å². The Morgan fingerprint density at radius 1 is 1.18 bits per heavy atom. The van der Waals surface area contributed by atoms with E-state index in [2.05, 4.69) is 27.2 Å². The molecular weight excluding hydrogens is 457 g/mol. The molecule has 34 heavy (non-hydrogen) atoms. The fraction of sp³-hybridized carbons (Fsp3) is 0.280. The monoisotopic (exact) mass is 479 g/mol. The molecule has 1 aliphatic rings. The van der Waals surface area contributed by atoms with Crippen molar-refractivity contribution in [2.75, 3.05) is 18.4 Å². The van der Waals surface area contributed by atoms with Crippen LogP contribution in [-0.2, 0) is 4.79 Å². The van der Waals surface area contributed by atoms with Crippen LogP contribution in [0.4, 0.5) is 10.2 Å². The summed E-state index contributed by atoms with van der Waals surface area (Å²) in [4.78, 5) is 30.4. The molecule has 9 heteroatoms. The van der Waals surface area contributed by atoms with Gasteiger partial charge in [0.15, 0.2) is 0 Å². The number of hydrogen-bond acceptors (Lipinski definition) is 4. The highest BCUT2D eigenvalue weighted by Gasteiger charge is 2.35. The second-order valence-corrected chi connectivity index (χ2v) is 8.49. The summed E-state index contributed by atoms with van der Waals surface area (Å²) in [6.07, 6.45) is 1.85. The Kier molecular flexibility index (Phi) is 6.94. The first kappa shape index (κ1) is 23.5. The summed E-state index contributed by atoms with van der Waals surface area (Å²) in [5.41, 5.74) is 2.37. The van der Waals surface area contributed by atoms with E-state index in [0.717, 1.165) is 5.56 Å². The Balaban J connectivity index is 1.51. The first-order chi connectivity index (χ1) is 16.3. The summed E-state index contributed by atoms with van der Waals surface area (Å²) in [5, 5.41) is 7.01. The van der Waals surface area contributed by atoms with Gasteiger partial charge in [-0.1, -0.05) is 41.6 Å². The smallest absolute Gasteiger partial charge is 0.276 e. The molecule has 0 radical (unpaired) electrons. The minimum atomic E-state index is -1.37. The number of nitrogens with one attached hydrogen (secondary N) is 1. The number of piperidine rings is 1. The number of alkyl halides is 1. The van der Waals surface area contributed by atoms with Crippen LogP contribution in [0, 0.1) is 18.8 Å². The number of amides is 2. The SMILES string of the molecule is CC(=O)N1CCC(n2ncc(Cl)c2C(=O)Nc2ncc(C#Cc3ccccc3)cc2C)C(F)C1. The summed E-state index contributed by atoms with van der Waals surface area (Å²) in [7, 11) is 0. The summed E-state index contributed by atoms with van der Waals surface area (Å²) < 4.78 is 16.2. The van der Waals surface area contributed by atoms with Crippen molar-refractivity contribution in [2.45, 2.75) is 32.5 Å². The average molecular weight is 480 g/mol. The van der Waals surface area contributed by atoms with Gasteiger partial charge in [0.2, 0.25) is 5.91 Å². The van der Waals surface area contributed by atoms with E-state index < -0.39 is 18.1 Å². The number of hydrogen-bond donors (Lipinski definition) is 1. The molecule has 1 fully saturated rings. The van der Waals surface area contributed by atoms with Crippen LogP contribution >= 0.6 is 11.6 Å². The van der Waals surface area contributed by atoms with E-state index in [9.17, 15) is 14.0 Å². The predicted molar refractivity (Wildman–Crippen MR) is 127 cm³/mol. The molecule has 2 atom stereocenters. The number of carbonyl (C=O) groups excluding carboxylic acids is 2. The van der Waals surface area contributed by atoms with Gasteiger partial charge in [-0.25, -0.2) is 9.37 Å². The predicted octanol–water partition coefficient (Wildman–Crippen LogP) is 4.02. The van der Waals surface area contributed by atoms with Gasteiger partial charge in [0.1, 0.15) is 17.7 Å². The molecular formula is C25H23ClFN5O2. The lowest BCUT2D eigenvalue weighted by molar-refractivity contribution is -0.131. The maximum absolute atomic E-state index is 14.9. The van der Waals surface area contributed by atoms with Gasteiger partial charge in [-0.05, 0) is 37.1 Å². The number of carbonyl (C=O) groups is 2. The van der Waals surface area contributed by atoms with Gasteiger partial charge in [-0.15, -0.1) is 0 Å². The molecule has 1 saturated heterocycles. The standard InChI is InChI=1S/C25H23ClFN5O2/c1-16-12-19(9-8-18-6-4-3-5-7-18)13-28-24(16)30-25(34)23-20(26)14-29-32(23)22-10-11-31(17(2)33)15-21(22)27/h3-7,12-14,21-22H,10-11,15H2,1-2H3,(H,28,30,34). The number of nitrogens with zero attached hydrogens (tertiary/aromatic N) is 4. The van der Waals surface area contributed by atoms with E-state index in [-0.39, 0.29) is 23.2 Å². The fourth-order valence-electron chi connectivity index (χ4n) is 3.87. The van der Waals surface area contributed by atoms with Gasteiger partial charge >= 0.3 is 0 Å². The first-order valence-electron chi connectivity index (χ1n) is 10.8. The lowest BCUT2D eigenvalue weighted by Gasteiger charge is -2.34. The van der Waals surface area contributed by atoms with Crippen molar-refractivity contribution in [2.24, 2.45) is 0 Å². The van der Waals surface area contributed by atoms with Crippen molar-refractivity contribution in [1.82, 2.24) is 19.7 Å². The summed E-state index contributed by atoms with van der Waals surface area (Å²) in [6, 6.07) is 10.7. The first-order valence-corrected chi connectivity index (χ1v) is 11.2. The molecule has 7 nitrogen and oxygen atoms in total. The van der Waals surface area contributed by atoms with Crippen molar-refractivity contribution in [3.8, 4) is 11.8 Å². The molecule has 1 aromatic carbocycles. The molecule has 0 saturated carbocycles. The van der Waals surface area contributed by atoms with Crippen LogP contribution in [0.25, 0.3) is 0 Å². The molecule has 0 spiro atoms. The lowest BCUT2D eigenvalue weighted by atomic mass is 10.0. The van der Waals surface area contributed by atoms with Crippen molar-refractivity contribution in [3.63, 3.8) is 0 Å². The maximum Gasteiger partial charge on any atom is 0.276 e. The highest BCUT2D eigenvalue weighted by Crippen LogP contribution is 2.29. The second-order valence-electron chi connectivity index (χ2n) is 8.08. The molecule has 0 bridgehead atoms. The van der Waals surface area contributed by atoms with Crippen LogP contribution in [0.1, 0.15) is 46.6 Å². The summed E-state index contributed by atoms with van der Waals surface area (Å²) in [6.45, 7) is 3.55. The van der Waals surface area contributed by atoms with Crippen LogP contribution in [0.2, 0.25) is 5.02 Å². The van der Waals surface area contributed by atoms with Crippen LogP contribution < -0.4 is 5.32 Å². The molecule has 3 aromatic rings. The van der Waals surface area contributed by atoms with E-state index in [1.165, 1.54) is 22.7 Å². The number of benzene rings is 1. The van der Waals surface area contributed by atoms with Crippen molar-refractivity contribution < 1.29 is 14.0 Å². The normalized spacial score (nSPS) is 17.6. The molecule has 4 rings (SSSR count). The molecule has 2 unspecified atom stereocenters. The highest BCUT2D eigenvalue weighted by atomic mass is 35.5. The van der Waals surface area contributed by atoms with Crippen molar-refractivity contribution in [3.05, 3.63) is 76.2 Å². The molecule has 1 N–H and O–H groups in total. The van der Waals surface area contributed by atoms with Gasteiger partial charge in [0.05, 0.1) is 23.8 Å². The number of anilines is 1. The summed E-state index contributed by atoms with van der Waals surface area (Å²) in [5.74, 6) is 5.75. The maximum atomic E-state index is 14.9. The number of likely N-dealkylation sites (tertiary alicyclic amines) is 1. The van der Waals surface area contributed by atoms with Gasteiger partial charge in [0, 0.05) is 30.8 Å². The Morgan fingerprint density at radius 3 is 2.59 bits per heavy atom. The average Bonchev–Trinajstić information content (AvgIpc) is 3.21. The van der Waals surface area contributed by atoms with E-state index in [0.29, 0.717) is 29.9 Å². The van der Waals surface area contributed by atoms with Crippen LogP contribution in [0.5, 0.6) is 0 Å². The van der Waals surface area contributed by atoms with E-state index in [4.69, 9.17) is 11.6 Å². The van der Waals surface area contributed by atoms with Gasteiger partial charge in [0.25, 0.3) is 5.91 Å². The zero-order valence-corrected chi connectivity index (χ0v) is 19.5. The molecule has 2 amide bonds. The molecule has 174 valence electrons. The Bertz CT molecular complexity index is 1280. The topological polar surface area (TPSA) is 80.1 Å². The van der Waals surface area contributed by atoms with E-state index in [1.807, 2.05) is 43.3 Å². The Hall–Kier alpha value is -3.70. The van der Waals surface area contributed by atoms with Gasteiger partial charge < -0.3 is 10.2 Å². The van der Waals surface area contributed by atoms with Crippen LogP contribution in [0.3, 0.4) is 0 Å². The zero-order valence-electron chi connectivity index (χ0n) is 18.8. The van der Waals surface area contributed by atoms with Crippen LogP contribution in [0.15, 0.2) is 48.8 Å². The number of halogens is 2. The largest absolute Gasteiger partial charge is 0.340 e. The zero-order chi connectivity index (χ0) is 24.2. The second kappa shape index (κ2) is 10.1. The lowest BCUT2D eigenvalue weighted by Crippen LogP contribution is -2.45. The Morgan fingerprint density at radius 2 is 1.91 bits per heavy atom. The quantitative estimate of drug-likeness (QED) is 0.575. The van der Waals surface area contributed by atoms with E-state index in [1.54, 1.807) is 6.20 Å². The van der Waals surface area contributed by atoms with Gasteiger partial charge in [-0.3, -0.25) is 14.3 Å². The van der Waals surface area contributed by atoms with Crippen molar-refractivity contribution >= 4 is 29.2 Å². The highest BCUT2D eigenvalue weighted by molar-refractivity contribution is 6.34. The fourth-order valence-corrected chi connectivity index (χ4v) is 4.08. The third-order valence-electron chi connectivity index (χ3n) is 5.67. The third-order valence-corrected chi connectivity index (χ3v) is 5.94. The molecule has 1 aliphatic heterocycles. The Labute approximate surface area is 201 Å². The minimum absolute atomic E-state index is 0.0509. The van der Waals surface area contributed by atoms with E-state index >= 15 is 0 Å². The number of pyridine rings is 1. The molecule has 0 aliphatic carbocycles.